The van der Waals surface area contributed by atoms with Crippen molar-refractivity contribution in [2.45, 2.75) is 18.9 Å². The molecule has 1 unspecified atom stereocenters. The molecule has 104 valence electrons. The molecule has 19 heavy (non-hydrogen) atoms. The van der Waals surface area contributed by atoms with Crippen LogP contribution in [0.4, 0.5) is 0 Å². The van der Waals surface area contributed by atoms with Gasteiger partial charge in [-0.3, -0.25) is 19.8 Å². The summed E-state index contributed by atoms with van der Waals surface area (Å²) in [6, 6.07) is 3.72. The van der Waals surface area contributed by atoms with E-state index in [9.17, 15) is 9.59 Å². The lowest BCUT2D eigenvalue weighted by atomic mass is 10.1. The second kappa shape index (κ2) is 6.49. The largest absolute Gasteiger partial charge is 0.357 e. The summed E-state index contributed by atoms with van der Waals surface area (Å²) in [6.45, 7) is 2.18. The zero-order valence-corrected chi connectivity index (χ0v) is 11.1. The van der Waals surface area contributed by atoms with Crippen molar-refractivity contribution in [3.05, 3.63) is 24.0 Å². The van der Waals surface area contributed by atoms with Crippen LogP contribution in [0, 0.1) is 0 Å². The van der Waals surface area contributed by atoms with Crippen molar-refractivity contribution in [1.29, 1.82) is 0 Å². The number of H-pyrrole nitrogens is 1. The monoisotopic (exact) mass is 264 g/mol. The van der Waals surface area contributed by atoms with Gasteiger partial charge in [0, 0.05) is 18.8 Å². The molecule has 6 nitrogen and oxygen atoms in total. The highest BCUT2D eigenvalue weighted by Gasteiger charge is 2.20. The first-order valence-corrected chi connectivity index (χ1v) is 6.55. The smallest absolute Gasteiger partial charge is 0.274 e. The first-order chi connectivity index (χ1) is 9.16. The number of amides is 2. The Morgan fingerprint density at radius 1 is 1.53 bits per heavy atom. The third kappa shape index (κ3) is 3.90. The molecule has 1 saturated heterocycles. The number of carbonyl (C=O) groups excluding carboxylic acids is 2. The summed E-state index contributed by atoms with van der Waals surface area (Å²) >= 11 is 0. The molecule has 0 spiro atoms. The van der Waals surface area contributed by atoms with Crippen LogP contribution >= 0.6 is 0 Å². The van der Waals surface area contributed by atoms with Crippen molar-refractivity contribution in [2.75, 3.05) is 26.7 Å². The molecule has 1 atom stereocenters. The Morgan fingerprint density at radius 3 is 3.00 bits per heavy atom. The minimum absolute atomic E-state index is 0.235. The van der Waals surface area contributed by atoms with Gasteiger partial charge in [-0.15, -0.1) is 0 Å². The van der Waals surface area contributed by atoms with E-state index in [-0.39, 0.29) is 18.4 Å². The van der Waals surface area contributed by atoms with Crippen LogP contribution in [-0.2, 0) is 4.79 Å². The predicted octanol–water partition coefficient (Wildman–Crippen LogP) is -0.0451. The van der Waals surface area contributed by atoms with Gasteiger partial charge in [-0.2, -0.15) is 0 Å². The van der Waals surface area contributed by atoms with Crippen LogP contribution in [0.2, 0.25) is 0 Å². The van der Waals surface area contributed by atoms with Gasteiger partial charge in [-0.1, -0.05) is 0 Å². The van der Waals surface area contributed by atoms with E-state index < -0.39 is 0 Å². The van der Waals surface area contributed by atoms with Crippen LogP contribution in [0.1, 0.15) is 23.3 Å². The molecule has 0 aliphatic carbocycles. The number of nitrogens with zero attached hydrogens (tertiary/aromatic N) is 1. The molecule has 0 saturated carbocycles. The molecule has 2 heterocycles. The minimum atomic E-state index is -0.384. The van der Waals surface area contributed by atoms with Crippen LogP contribution < -0.4 is 10.6 Å². The Balaban J connectivity index is 1.78. The van der Waals surface area contributed by atoms with Gasteiger partial charge in [-0.05, 0) is 38.6 Å². The summed E-state index contributed by atoms with van der Waals surface area (Å²) in [5, 5.41) is 5.69. The van der Waals surface area contributed by atoms with E-state index >= 15 is 0 Å². The highest BCUT2D eigenvalue weighted by Crippen LogP contribution is 2.07. The molecule has 3 N–H and O–H groups in total. The second-order valence-corrected chi connectivity index (χ2v) is 4.88. The summed E-state index contributed by atoms with van der Waals surface area (Å²) in [6.07, 6.45) is 3.86. The Morgan fingerprint density at radius 2 is 2.37 bits per heavy atom. The molecule has 1 aliphatic rings. The third-order valence-corrected chi connectivity index (χ3v) is 3.38. The number of hydrogen-bond acceptors (Lipinski definition) is 4. The van der Waals surface area contributed by atoms with Crippen LogP contribution in [0.25, 0.3) is 0 Å². The molecule has 1 aliphatic heterocycles. The van der Waals surface area contributed by atoms with Gasteiger partial charge < -0.3 is 10.3 Å². The fourth-order valence-electron chi connectivity index (χ4n) is 2.27. The van der Waals surface area contributed by atoms with Gasteiger partial charge in [-0.25, -0.2) is 0 Å². The molecular formula is C13H20N4O2. The van der Waals surface area contributed by atoms with Gasteiger partial charge in [0.05, 0.1) is 6.54 Å². The molecule has 0 bridgehead atoms. The fourth-order valence-corrected chi connectivity index (χ4v) is 2.27. The van der Waals surface area contributed by atoms with E-state index in [1.807, 2.05) is 11.9 Å². The minimum Gasteiger partial charge on any atom is -0.357 e. The number of aromatic amines is 1. The van der Waals surface area contributed by atoms with E-state index in [0.29, 0.717) is 11.7 Å². The van der Waals surface area contributed by atoms with Crippen LogP contribution in [-0.4, -0.2) is 54.4 Å². The van der Waals surface area contributed by atoms with Crippen molar-refractivity contribution in [2.24, 2.45) is 0 Å². The predicted molar refractivity (Wildman–Crippen MR) is 71.8 cm³/mol. The van der Waals surface area contributed by atoms with Crippen LogP contribution in [0.15, 0.2) is 18.3 Å². The normalized spacial score (nSPS) is 19.4. The van der Waals surface area contributed by atoms with Crippen molar-refractivity contribution in [3.8, 4) is 0 Å². The number of nitrogens with one attached hydrogen (secondary N) is 3. The average molecular weight is 264 g/mol. The SMILES string of the molecule is CN(CC(=O)NC(=O)c1ccc[nH]1)C1CCCNC1. The number of rotatable bonds is 4. The lowest BCUT2D eigenvalue weighted by molar-refractivity contribution is -0.121. The lowest BCUT2D eigenvalue weighted by Gasteiger charge is -2.31. The summed E-state index contributed by atoms with van der Waals surface area (Å²) in [5.74, 6) is -0.655. The van der Waals surface area contributed by atoms with Crippen LogP contribution in [0.3, 0.4) is 0 Å². The van der Waals surface area contributed by atoms with E-state index in [2.05, 4.69) is 15.6 Å². The van der Waals surface area contributed by atoms with E-state index in [1.54, 1.807) is 18.3 Å². The summed E-state index contributed by atoms with van der Waals surface area (Å²) in [4.78, 5) is 28.2. The highest BCUT2D eigenvalue weighted by atomic mass is 16.2. The highest BCUT2D eigenvalue weighted by molar-refractivity contribution is 6.04. The van der Waals surface area contributed by atoms with Gasteiger partial charge >= 0.3 is 0 Å². The maximum Gasteiger partial charge on any atom is 0.274 e. The van der Waals surface area contributed by atoms with E-state index in [4.69, 9.17) is 0 Å². The lowest BCUT2D eigenvalue weighted by Crippen LogP contribution is -2.48. The summed E-state index contributed by atoms with van der Waals surface area (Å²) < 4.78 is 0. The van der Waals surface area contributed by atoms with Crippen molar-refractivity contribution in [1.82, 2.24) is 20.5 Å². The van der Waals surface area contributed by atoms with Gasteiger partial charge in [0.15, 0.2) is 0 Å². The summed E-state index contributed by atoms with van der Waals surface area (Å²) in [5.41, 5.74) is 0.398. The standard InChI is InChI=1S/C13H20N4O2/c1-17(10-4-2-6-14-8-10)9-12(18)16-13(19)11-5-3-7-15-11/h3,5,7,10,14-15H,2,4,6,8-9H2,1H3,(H,16,18,19). The third-order valence-electron chi connectivity index (χ3n) is 3.38. The maximum absolute atomic E-state index is 11.8. The van der Waals surface area contributed by atoms with Gasteiger partial charge in [0.25, 0.3) is 5.91 Å². The van der Waals surface area contributed by atoms with E-state index in [0.717, 1.165) is 25.9 Å². The molecular weight excluding hydrogens is 244 g/mol. The fraction of sp³-hybridized carbons (Fsp3) is 0.538. The molecule has 1 fully saturated rings. The van der Waals surface area contributed by atoms with Crippen molar-refractivity contribution in [3.63, 3.8) is 0 Å². The first-order valence-electron chi connectivity index (χ1n) is 6.55. The number of aromatic nitrogens is 1. The van der Waals surface area contributed by atoms with Crippen molar-refractivity contribution < 1.29 is 9.59 Å². The Labute approximate surface area is 112 Å². The quantitative estimate of drug-likeness (QED) is 0.713. The number of imide groups is 1. The van der Waals surface area contributed by atoms with Gasteiger partial charge in [0.2, 0.25) is 5.91 Å². The van der Waals surface area contributed by atoms with Gasteiger partial charge in [0.1, 0.15) is 5.69 Å². The Hall–Kier alpha value is -1.66. The molecule has 2 amide bonds. The summed E-state index contributed by atoms with van der Waals surface area (Å²) in [7, 11) is 1.91. The molecule has 2 rings (SSSR count). The van der Waals surface area contributed by atoms with Crippen molar-refractivity contribution >= 4 is 11.8 Å². The average Bonchev–Trinajstić information content (AvgIpc) is 2.93. The Kier molecular flexibility index (Phi) is 4.70. The first kappa shape index (κ1) is 13.8. The number of likely N-dealkylation sites (N-methyl/N-ethyl adjacent to an activating group) is 1. The number of hydrogen-bond donors (Lipinski definition) is 3. The molecule has 1 aromatic rings. The molecule has 6 heteroatoms. The molecule has 0 radical (unpaired) electrons. The zero-order valence-electron chi connectivity index (χ0n) is 11.1. The molecule has 0 aromatic carbocycles. The zero-order chi connectivity index (χ0) is 13.7. The Bertz CT molecular complexity index is 424. The number of piperidine rings is 1. The van der Waals surface area contributed by atoms with Crippen LogP contribution in [0.5, 0.6) is 0 Å². The second-order valence-electron chi connectivity index (χ2n) is 4.88. The molecule has 1 aromatic heterocycles. The maximum atomic E-state index is 11.8. The topological polar surface area (TPSA) is 77.2 Å². The van der Waals surface area contributed by atoms with E-state index in [1.165, 1.54) is 0 Å². The number of carbonyl (C=O) groups is 2.